The maximum atomic E-state index is 12.6. The number of hydrogen-bond donors (Lipinski definition) is 1. The van der Waals surface area contributed by atoms with Crippen LogP contribution in [0.25, 0.3) is 5.82 Å². The van der Waals surface area contributed by atoms with Gasteiger partial charge >= 0.3 is 0 Å². The van der Waals surface area contributed by atoms with Crippen molar-refractivity contribution < 1.29 is 18.1 Å². The van der Waals surface area contributed by atoms with Crippen LogP contribution in [0.15, 0.2) is 47.8 Å². The Hall–Kier alpha value is -3.38. The standard InChI is InChI=1S/C17H15ClN6O5S/c1-10(22-17(25)11-5-12(18)7-14(6-11)30(2,28)29)16-20-9-21-23(16)15-4-3-13(8-19-15)24(26)27/h3-10H,1-2H3,(H,22,25)/t10-/m0/s1. The van der Waals surface area contributed by atoms with Gasteiger partial charge in [-0.25, -0.2) is 18.4 Å². The molecule has 0 aliphatic rings. The van der Waals surface area contributed by atoms with Gasteiger partial charge in [-0.2, -0.15) is 9.78 Å². The second-order valence-electron chi connectivity index (χ2n) is 6.30. The molecule has 11 nitrogen and oxygen atoms in total. The number of hydrogen-bond acceptors (Lipinski definition) is 8. The van der Waals surface area contributed by atoms with Gasteiger partial charge in [0.15, 0.2) is 21.5 Å². The molecule has 0 bridgehead atoms. The molecule has 13 heteroatoms. The number of nitrogens with one attached hydrogen (secondary N) is 1. The van der Waals surface area contributed by atoms with Crippen molar-refractivity contribution in [1.82, 2.24) is 25.1 Å². The fraction of sp³-hybridized carbons (Fsp3) is 0.176. The first-order valence-corrected chi connectivity index (χ1v) is 10.7. The molecular weight excluding hydrogens is 436 g/mol. The molecule has 0 spiro atoms. The summed E-state index contributed by atoms with van der Waals surface area (Å²) in [5, 5.41) is 17.6. The van der Waals surface area contributed by atoms with E-state index in [1.807, 2.05) is 0 Å². The van der Waals surface area contributed by atoms with Crippen LogP contribution in [0.3, 0.4) is 0 Å². The minimum Gasteiger partial charge on any atom is -0.342 e. The molecule has 1 aromatic carbocycles. The number of sulfone groups is 1. The second kappa shape index (κ2) is 8.16. The molecule has 0 saturated carbocycles. The van der Waals surface area contributed by atoms with E-state index in [9.17, 15) is 23.3 Å². The molecule has 2 aromatic heterocycles. The van der Waals surface area contributed by atoms with E-state index in [0.29, 0.717) is 5.82 Å². The van der Waals surface area contributed by atoms with Gasteiger partial charge in [0.2, 0.25) is 0 Å². The summed E-state index contributed by atoms with van der Waals surface area (Å²) >= 11 is 5.95. The van der Waals surface area contributed by atoms with Crippen LogP contribution in [-0.4, -0.2) is 45.3 Å². The van der Waals surface area contributed by atoms with E-state index < -0.39 is 26.7 Å². The Labute approximate surface area is 175 Å². The molecule has 156 valence electrons. The summed E-state index contributed by atoms with van der Waals surface area (Å²) < 4.78 is 24.9. The maximum Gasteiger partial charge on any atom is 0.287 e. The predicted molar refractivity (Wildman–Crippen MR) is 106 cm³/mol. The predicted octanol–water partition coefficient (Wildman–Crippen LogP) is 2.12. The highest BCUT2D eigenvalue weighted by Gasteiger charge is 2.20. The summed E-state index contributed by atoms with van der Waals surface area (Å²) in [6.45, 7) is 1.64. The fourth-order valence-electron chi connectivity index (χ4n) is 2.59. The molecule has 3 rings (SSSR count). The summed E-state index contributed by atoms with van der Waals surface area (Å²) in [4.78, 5) is 30.9. The number of carbonyl (C=O) groups is 1. The number of pyridine rings is 1. The monoisotopic (exact) mass is 450 g/mol. The second-order valence-corrected chi connectivity index (χ2v) is 8.76. The van der Waals surface area contributed by atoms with E-state index in [0.717, 1.165) is 12.5 Å². The molecule has 0 aliphatic heterocycles. The highest BCUT2D eigenvalue weighted by Crippen LogP contribution is 2.21. The Bertz CT molecular complexity index is 1230. The molecule has 0 saturated heterocycles. The largest absolute Gasteiger partial charge is 0.342 e. The summed E-state index contributed by atoms with van der Waals surface area (Å²) in [5.41, 5.74) is -0.112. The first kappa shape index (κ1) is 21.3. The number of nitro groups is 1. The Morgan fingerprint density at radius 2 is 2.00 bits per heavy atom. The lowest BCUT2D eigenvalue weighted by atomic mass is 10.2. The summed E-state index contributed by atoms with van der Waals surface area (Å²) in [6, 6.07) is 5.86. The van der Waals surface area contributed by atoms with Crippen LogP contribution in [0.1, 0.15) is 29.1 Å². The minimum absolute atomic E-state index is 0.0642. The molecule has 2 heterocycles. The van der Waals surface area contributed by atoms with Gasteiger partial charge in [-0.1, -0.05) is 11.6 Å². The maximum absolute atomic E-state index is 12.6. The lowest BCUT2D eigenvalue weighted by Gasteiger charge is -2.15. The number of nitrogens with zero attached hydrogens (tertiary/aromatic N) is 5. The Balaban J connectivity index is 1.85. The zero-order chi connectivity index (χ0) is 22.1. The Morgan fingerprint density at radius 1 is 1.27 bits per heavy atom. The lowest BCUT2D eigenvalue weighted by Crippen LogP contribution is -2.29. The van der Waals surface area contributed by atoms with Crippen molar-refractivity contribution in [1.29, 1.82) is 0 Å². The highest BCUT2D eigenvalue weighted by atomic mass is 35.5. The smallest absolute Gasteiger partial charge is 0.287 e. The third-order valence-corrected chi connectivity index (χ3v) is 5.34. The third kappa shape index (κ3) is 4.60. The number of carbonyl (C=O) groups excluding carboxylic acids is 1. The molecule has 1 atom stereocenters. The van der Waals surface area contributed by atoms with Gasteiger partial charge in [-0.15, -0.1) is 0 Å². The molecule has 30 heavy (non-hydrogen) atoms. The quantitative estimate of drug-likeness (QED) is 0.443. The molecule has 0 fully saturated rings. The SMILES string of the molecule is C[C@H](NC(=O)c1cc(Cl)cc(S(C)(=O)=O)c1)c1ncnn1-c1ccc([N+](=O)[O-])cn1. The number of halogens is 1. The molecule has 0 unspecified atom stereocenters. The minimum atomic E-state index is -3.55. The van der Waals surface area contributed by atoms with E-state index in [2.05, 4.69) is 20.4 Å². The van der Waals surface area contributed by atoms with Gasteiger partial charge in [0.05, 0.1) is 15.9 Å². The highest BCUT2D eigenvalue weighted by molar-refractivity contribution is 7.90. The third-order valence-electron chi connectivity index (χ3n) is 4.03. The van der Waals surface area contributed by atoms with Crippen molar-refractivity contribution in [3.63, 3.8) is 0 Å². The molecule has 1 N–H and O–H groups in total. The summed E-state index contributed by atoms with van der Waals surface area (Å²) in [7, 11) is -3.55. The molecule has 0 radical (unpaired) electrons. The zero-order valence-electron chi connectivity index (χ0n) is 15.7. The van der Waals surface area contributed by atoms with Gasteiger partial charge in [-0.3, -0.25) is 14.9 Å². The van der Waals surface area contributed by atoms with Crippen molar-refractivity contribution in [2.45, 2.75) is 17.9 Å². The first-order chi connectivity index (χ1) is 14.1. The summed E-state index contributed by atoms with van der Waals surface area (Å²) in [6.07, 6.45) is 3.35. The molecular formula is C17H15ClN6O5S. The van der Waals surface area contributed by atoms with E-state index >= 15 is 0 Å². The van der Waals surface area contributed by atoms with Crippen LogP contribution in [0.5, 0.6) is 0 Å². The zero-order valence-corrected chi connectivity index (χ0v) is 17.3. The van der Waals surface area contributed by atoms with Crippen molar-refractivity contribution in [3.8, 4) is 5.82 Å². The molecule has 0 aliphatic carbocycles. The molecule has 3 aromatic rings. The van der Waals surface area contributed by atoms with Gasteiger partial charge in [0.1, 0.15) is 12.5 Å². The topological polar surface area (TPSA) is 150 Å². The summed E-state index contributed by atoms with van der Waals surface area (Å²) in [5.74, 6) is 0.0208. The van der Waals surface area contributed by atoms with Crippen molar-refractivity contribution >= 4 is 33.0 Å². The fourth-order valence-corrected chi connectivity index (χ4v) is 3.57. The van der Waals surface area contributed by atoms with Crippen LogP contribution >= 0.6 is 11.6 Å². The van der Waals surface area contributed by atoms with Gasteiger partial charge in [0, 0.05) is 22.9 Å². The number of rotatable bonds is 6. The number of benzene rings is 1. The van der Waals surface area contributed by atoms with Crippen molar-refractivity contribution in [2.75, 3.05) is 6.26 Å². The van der Waals surface area contributed by atoms with E-state index in [1.54, 1.807) is 6.92 Å². The normalized spacial score (nSPS) is 12.4. The number of amides is 1. The van der Waals surface area contributed by atoms with Crippen LogP contribution < -0.4 is 5.32 Å². The van der Waals surface area contributed by atoms with Crippen LogP contribution in [0, 0.1) is 10.1 Å². The van der Waals surface area contributed by atoms with Crippen molar-refractivity contribution in [2.24, 2.45) is 0 Å². The van der Waals surface area contributed by atoms with Crippen LogP contribution in [0.2, 0.25) is 5.02 Å². The van der Waals surface area contributed by atoms with Gasteiger partial charge in [-0.05, 0) is 31.2 Å². The lowest BCUT2D eigenvalue weighted by molar-refractivity contribution is -0.385. The van der Waals surface area contributed by atoms with E-state index in [-0.39, 0.29) is 27.0 Å². The number of aromatic nitrogens is 4. The average molecular weight is 451 g/mol. The van der Waals surface area contributed by atoms with Crippen LogP contribution in [0.4, 0.5) is 5.69 Å². The van der Waals surface area contributed by atoms with E-state index in [1.165, 1.54) is 41.3 Å². The Morgan fingerprint density at radius 3 is 2.60 bits per heavy atom. The molecule has 1 amide bonds. The van der Waals surface area contributed by atoms with Gasteiger partial charge in [0.25, 0.3) is 11.6 Å². The van der Waals surface area contributed by atoms with Crippen LogP contribution in [-0.2, 0) is 9.84 Å². The Kier molecular flexibility index (Phi) is 5.80. The van der Waals surface area contributed by atoms with E-state index in [4.69, 9.17) is 11.6 Å². The average Bonchev–Trinajstić information content (AvgIpc) is 3.16. The van der Waals surface area contributed by atoms with Crippen molar-refractivity contribution in [3.05, 3.63) is 69.4 Å². The first-order valence-electron chi connectivity index (χ1n) is 8.38. The van der Waals surface area contributed by atoms with Gasteiger partial charge < -0.3 is 5.32 Å².